The van der Waals surface area contributed by atoms with E-state index in [9.17, 15) is 22.4 Å². The van der Waals surface area contributed by atoms with Crippen LogP contribution in [-0.2, 0) is 4.79 Å². The summed E-state index contributed by atoms with van der Waals surface area (Å²) in [4.78, 5) is 14.3. The highest BCUT2D eigenvalue weighted by molar-refractivity contribution is 5.84. The molecule has 0 aromatic heterocycles. The SMILES string of the molecule is NCCCCN1CCCN(C(=O)C(F)(F)C(F)F)CC1. The first kappa shape index (κ1) is 17.2. The lowest BCUT2D eigenvalue weighted by Crippen LogP contribution is -2.48. The Kier molecular flexibility index (Phi) is 6.67. The number of unbranched alkanes of at least 4 members (excludes halogenated alkanes) is 1. The van der Waals surface area contributed by atoms with Crippen LogP contribution in [0.15, 0.2) is 0 Å². The molecule has 0 atom stereocenters. The first-order valence-corrected chi connectivity index (χ1v) is 6.77. The summed E-state index contributed by atoms with van der Waals surface area (Å²) >= 11 is 0. The molecular weight excluding hydrogens is 278 g/mol. The molecule has 118 valence electrons. The first-order valence-electron chi connectivity index (χ1n) is 6.77. The Morgan fingerprint density at radius 2 is 1.85 bits per heavy atom. The molecule has 0 aliphatic carbocycles. The van der Waals surface area contributed by atoms with Gasteiger partial charge in [0.15, 0.2) is 0 Å². The van der Waals surface area contributed by atoms with Gasteiger partial charge >= 0.3 is 12.3 Å². The second-order valence-electron chi connectivity index (χ2n) is 4.91. The third-order valence-corrected chi connectivity index (χ3v) is 3.36. The van der Waals surface area contributed by atoms with E-state index in [0.29, 0.717) is 26.1 Å². The van der Waals surface area contributed by atoms with Gasteiger partial charge in [-0.15, -0.1) is 0 Å². The van der Waals surface area contributed by atoms with Crippen molar-refractivity contribution in [3.63, 3.8) is 0 Å². The maximum absolute atomic E-state index is 13.0. The van der Waals surface area contributed by atoms with Crippen LogP contribution in [0.25, 0.3) is 0 Å². The minimum atomic E-state index is -4.59. The molecule has 20 heavy (non-hydrogen) atoms. The van der Waals surface area contributed by atoms with Crippen molar-refractivity contribution < 1.29 is 22.4 Å². The number of alkyl halides is 4. The molecule has 1 rings (SSSR count). The molecule has 4 nitrogen and oxygen atoms in total. The standard InChI is InChI=1S/C12H21F4N3O/c13-10(14)12(15,16)11(20)19-7-3-6-18(8-9-19)5-2-1-4-17/h10H,1-9,17H2. The fourth-order valence-electron chi connectivity index (χ4n) is 2.18. The summed E-state index contributed by atoms with van der Waals surface area (Å²) in [6, 6.07) is 0. The van der Waals surface area contributed by atoms with Crippen molar-refractivity contribution in [2.75, 3.05) is 39.3 Å². The van der Waals surface area contributed by atoms with Crippen molar-refractivity contribution in [1.82, 2.24) is 9.80 Å². The van der Waals surface area contributed by atoms with Crippen LogP contribution in [0.4, 0.5) is 17.6 Å². The molecule has 0 aromatic carbocycles. The highest BCUT2D eigenvalue weighted by atomic mass is 19.3. The van der Waals surface area contributed by atoms with Crippen LogP contribution < -0.4 is 5.73 Å². The number of hydrogen-bond acceptors (Lipinski definition) is 3. The maximum Gasteiger partial charge on any atom is 0.383 e. The van der Waals surface area contributed by atoms with E-state index in [0.717, 1.165) is 24.3 Å². The lowest BCUT2D eigenvalue weighted by atomic mass is 10.2. The zero-order chi connectivity index (χ0) is 15.2. The normalized spacial score (nSPS) is 18.4. The van der Waals surface area contributed by atoms with Gasteiger partial charge in [-0.1, -0.05) is 0 Å². The molecule has 0 spiro atoms. The van der Waals surface area contributed by atoms with E-state index in [1.165, 1.54) is 0 Å². The van der Waals surface area contributed by atoms with E-state index in [4.69, 9.17) is 5.73 Å². The number of rotatable bonds is 6. The van der Waals surface area contributed by atoms with Crippen molar-refractivity contribution in [1.29, 1.82) is 0 Å². The van der Waals surface area contributed by atoms with Gasteiger partial charge in [0.1, 0.15) is 0 Å². The number of amides is 1. The van der Waals surface area contributed by atoms with Crippen LogP contribution in [0.1, 0.15) is 19.3 Å². The number of nitrogens with zero attached hydrogens (tertiary/aromatic N) is 2. The second-order valence-corrected chi connectivity index (χ2v) is 4.91. The maximum atomic E-state index is 13.0. The molecule has 1 fully saturated rings. The number of carbonyl (C=O) groups is 1. The van der Waals surface area contributed by atoms with E-state index >= 15 is 0 Å². The van der Waals surface area contributed by atoms with Crippen LogP contribution in [-0.4, -0.2) is 67.3 Å². The quantitative estimate of drug-likeness (QED) is 0.591. The monoisotopic (exact) mass is 299 g/mol. The molecule has 8 heteroatoms. The van der Waals surface area contributed by atoms with Gasteiger partial charge in [0.2, 0.25) is 0 Å². The average Bonchev–Trinajstić information content (AvgIpc) is 2.63. The van der Waals surface area contributed by atoms with Crippen LogP contribution in [0.5, 0.6) is 0 Å². The summed E-state index contributed by atoms with van der Waals surface area (Å²) in [6.07, 6.45) is -1.67. The Balaban J connectivity index is 2.49. The van der Waals surface area contributed by atoms with E-state index in [-0.39, 0.29) is 13.1 Å². The number of halogens is 4. The van der Waals surface area contributed by atoms with Crippen LogP contribution >= 0.6 is 0 Å². The first-order chi connectivity index (χ1) is 9.39. The molecule has 0 aromatic rings. The van der Waals surface area contributed by atoms with Crippen LogP contribution in [0, 0.1) is 0 Å². The Bertz CT molecular complexity index is 315. The van der Waals surface area contributed by atoms with E-state index in [1.807, 2.05) is 4.90 Å². The van der Waals surface area contributed by atoms with Crippen molar-refractivity contribution in [3.05, 3.63) is 0 Å². The second kappa shape index (κ2) is 7.78. The summed E-state index contributed by atoms with van der Waals surface area (Å²) < 4.78 is 50.4. The van der Waals surface area contributed by atoms with Gasteiger partial charge < -0.3 is 15.5 Å². The predicted octanol–water partition coefficient (Wildman–Crippen LogP) is 1.16. The topological polar surface area (TPSA) is 49.6 Å². The summed E-state index contributed by atoms with van der Waals surface area (Å²) in [7, 11) is 0. The van der Waals surface area contributed by atoms with Crippen molar-refractivity contribution >= 4 is 5.91 Å². The van der Waals surface area contributed by atoms with Crippen molar-refractivity contribution in [3.8, 4) is 0 Å². The van der Waals surface area contributed by atoms with Gasteiger partial charge in [-0.2, -0.15) is 8.78 Å². The summed E-state index contributed by atoms with van der Waals surface area (Å²) in [5.41, 5.74) is 5.39. The highest BCUT2D eigenvalue weighted by Crippen LogP contribution is 2.25. The van der Waals surface area contributed by atoms with Gasteiger partial charge in [0, 0.05) is 19.6 Å². The smallest absolute Gasteiger partial charge is 0.336 e. The Labute approximate surface area is 115 Å². The Hall–Kier alpha value is -0.890. The van der Waals surface area contributed by atoms with E-state index < -0.39 is 18.3 Å². The predicted molar refractivity (Wildman–Crippen MR) is 66.9 cm³/mol. The fraction of sp³-hybridized carbons (Fsp3) is 0.917. The Morgan fingerprint density at radius 1 is 1.15 bits per heavy atom. The van der Waals surface area contributed by atoms with Gasteiger partial charge in [-0.05, 0) is 38.9 Å². The van der Waals surface area contributed by atoms with Gasteiger partial charge in [-0.3, -0.25) is 4.79 Å². The molecule has 1 saturated heterocycles. The summed E-state index contributed by atoms with van der Waals surface area (Å²) in [5, 5.41) is 0. The van der Waals surface area contributed by atoms with Crippen molar-refractivity contribution in [2.24, 2.45) is 5.73 Å². The average molecular weight is 299 g/mol. The van der Waals surface area contributed by atoms with Gasteiger partial charge in [0.25, 0.3) is 5.91 Å². The van der Waals surface area contributed by atoms with Crippen molar-refractivity contribution in [2.45, 2.75) is 31.6 Å². The molecule has 0 radical (unpaired) electrons. The minimum absolute atomic E-state index is 0.0593. The largest absolute Gasteiger partial charge is 0.383 e. The molecule has 1 aliphatic heterocycles. The van der Waals surface area contributed by atoms with Gasteiger partial charge in [-0.25, -0.2) is 8.78 Å². The molecule has 1 heterocycles. The van der Waals surface area contributed by atoms with Gasteiger partial charge in [0.05, 0.1) is 0 Å². The molecule has 0 unspecified atom stereocenters. The molecule has 0 saturated carbocycles. The number of hydrogen-bond donors (Lipinski definition) is 1. The molecule has 1 aliphatic rings. The molecular formula is C12H21F4N3O. The summed E-state index contributed by atoms with van der Waals surface area (Å²) in [5.74, 6) is -6.36. The van der Waals surface area contributed by atoms with Crippen LogP contribution in [0.3, 0.4) is 0 Å². The number of nitrogens with two attached hydrogens (primary N) is 1. The van der Waals surface area contributed by atoms with Crippen LogP contribution in [0.2, 0.25) is 0 Å². The third kappa shape index (κ3) is 4.59. The summed E-state index contributed by atoms with van der Waals surface area (Å²) in [6.45, 7) is 2.63. The molecule has 0 bridgehead atoms. The lowest BCUT2D eigenvalue weighted by Gasteiger charge is -2.25. The zero-order valence-electron chi connectivity index (χ0n) is 11.3. The highest BCUT2D eigenvalue weighted by Gasteiger charge is 2.51. The zero-order valence-corrected chi connectivity index (χ0v) is 11.3. The number of carbonyl (C=O) groups excluding carboxylic acids is 1. The Morgan fingerprint density at radius 3 is 2.45 bits per heavy atom. The fourth-order valence-corrected chi connectivity index (χ4v) is 2.18. The molecule has 2 N–H and O–H groups in total. The lowest BCUT2D eigenvalue weighted by molar-refractivity contribution is -0.180. The molecule has 1 amide bonds. The minimum Gasteiger partial charge on any atom is -0.336 e. The van der Waals surface area contributed by atoms with E-state index in [2.05, 4.69) is 0 Å². The third-order valence-electron chi connectivity index (χ3n) is 3.36. The van der Waals surface area contributed by atoms with E-state index in [1.54, 1.807) is 0 Å².